The molecule has 5 heteroatoms. The number of aliphatic carboxylic acids is 1. The first kappa shape index (κ1) is 14.3. The number of carbonyl (C=O) groups is 1. The highest BCUT2D eigenvalue weighted by Crippen LogP contribution is 2.50. The molecule has 1 heterocycles. The third-order valence-corrected chi connectivity index (χ3v) is 5.45. The van der Waals surface area contributed by atoms with Gasteiger partial charge in [-0.05, 0) is 51.9 Å². The van der Waals surface area contributed by atoms with Gasteiger partial charge < -0.3 is 5.11 Å². The molecule has 0 amide bonds. The highest BCUT2D eigenvalue weighted by Gasteiger charge is 2.41. The number of carboxylic acid groups (broad SMARTS) is 1. The van der Waals surface area contributed by atoms with E-state index in [4.69, 9.17) is 0 Å². The standard InChI is InChI=1S/C16H22N2O3/c1-8(15(19)20)14-9(2)17-16(21)18(10(14)3)13-7-11-4-5-12(13)6-11/h8,11-13H,4-7H2,1-3H3,(H,19,20). The molecule has 0 saturated heterocycles. The van der Waals surface area contributed by atoms with Crippen molar-refractivity contribution in [3.63, 3.8) is 0 Å². The lowest BCUT2D eigenvalue weighted by atomic mass is 9.93. The van der Waals surface area contributed by atoms with Gasteiger partial charge in [0, 0.05) is 23.0 Å². The van der Waals surface area contributed by atoms with E-state index in [9.17, 15) is 14.7 Å². The Morgan fingerprint density at radius 2 is 2.05 bits per heavy atom. The summed E-state index contributed by atoms with van der Waals surface area (Å²) in [5.74, 6) is -0.221. The molecule has 2 bridgehead atoms. The van der Waals surface area contributed by atoms with E-state index < -0.39 is 11.9 Å². The Kier molecular flexibility index (Phi) is 3.38. The fourth-order valence-corrected chi connectivity index (χ4v) is 4.46. The molecule has 5 nitrogen and oxygen atoms in total. The normalized spacial score (nSPS) is 28.8. The van der Waals surface area contributed by atoms with Crippen LogP contribution in [0.3, 0.4) is 0 Å². The molecule has 0 aliphatic heterocycles. The summed E-state index contributed by atoms with van der Waals surface area (Å²) in [6.45, 7) is 5.26. The second-order valence-corrected chi connectivity index (χ2v) is 6.65. The molecule has 0 radical (unpaired) electrons. The molecular weight excluding hydrogens is 268 g/mol. The van der Waals surface area contributed by atoms with Crippen molar-refractivity contribution in [3.05, 3.63) is 27.4 Å². The zero-order chi connectivity index (χ0) is 15.3. The summed E-state index contributed by atoms with van der Waals surface area (Å²) in [7, 11) is 0. The van der Waals surface area contributed by atoms with Gasteiger partial charge in [0.2, 0.25) is 0 Å². The molecule has 114 valence electrons. The Morgan fingerprint density at radius 3 is 2.57 bits per heavy atom. The number of hydrogen-bond acceptors (Lipinski definition) is 3. The minimum absolute atomic E-state index is 0.212. The zero-order valence-electron chi connectivity index (χ0n) is 12.8. The molecule has 2 fully saturated rings. The first-order valence-electron chi connectivity index (χ1n) is 7.72. The van der Waals surface area contributed by atoms with Crippen LogP contribution in [0.4, 0.5) is 0 Å². The van der Waals surface area contributed by atoms with E-state index in [1.807, 2.05) is 6.92 Å². The van der Waals surface area contributed by atoms with Crippen LogP contribution in [0.1, 0.15) is 61.5 Å². The summed E-state index contributed by atoms with van der Waals surface area (Å²) in [5.41, 5.74) is 1.82. The molecule has 0 aromatic carbocycles. The number of fused-ring (bicyclic) bond motifs is 2. The summed E-state index contributed by atoms with van der Waals surface area (Å²) < 4.78 is 1.78. The van der Waals surface area contributed by atoms with Gasteiger partial charge in [-0.3, -0.25) is 9.36 Å². The highest BCUT2D eigenvalue weighted by atomic mass is 16.4. The molecule has 0 spiro atoms. The molecule has 21 heavy (non-hydrogen) atoms. The van der Waals surface area contributed by atoms with Crippen molar-refractivity contribution >= 4 is 5.97 Å². The molecule has 1 aromatic rings. The number of aryl methyl sites for hydroxylation is 1. The quantitative estimate of drug-likeness (QED) is 0.928. The van der Waals surface area contributed by atoms with E-state index in [2.05, 4.69) is 4.98 Å². The number of aromatic nitrogens is 2. The lowest BCUT2D eigenvalue weighted by Crippen LogP contribution is -2.34. The SMILES string of the molecule is Cc1nc(=O)n(C2CC3CCC2C3)c(C)c1C(C)C(=O)O. The van der Waals surface area contributed by atoms with Crippen molar-refractivity contribution in [2.24, 2.45) is 11.8 Å². The van der Waals surface area contributed by atoms with Crippen molar-refractivity contribution in [1.82, 2.24) is 9.55 Å². The molecule has 4 unspecified atom stereocenters. The molecule has 1 aromatic heterocycles. The molecule has 1 N–H and O–H groups in total. The molecule has 2 saturated carbocycles. The van der Waals surface area contributed by atoms with Gasteiger partial charge in [0.05, 0.1) is 5.92 Å². The lowest BCUT2D eigenvalue weighted by molar-refractivity contribution is -0.138. The predicted molar refractivity (Wildman–Crippen MR) is 78.5 cm³/mol. The summed E-state index contributed by atoms with van der Waals surface area (Å²) in [4.78, 5) is 27.8. The molecule has 2 aliphatic carbocycles. The Morgan fingerprint density at radius 1 is 1.33 bits per heavy atom. The van der Waals surface area contributed by atoms with E-state index in [0.717, 1.165) is 18.0 Å². The summed E-state index contributed by atoms with van der Waals surface area (Å²) in [6, 6.07) is 0.212. The Labute approximate surface area is 124 Å². The van der Waals surface area contributed by atoms with Crippen molar-refractivity contribution in [1.29, 1.82) is 0 Å². The highest BCUT2D eigenvalue weighted by molar-refractivity contribution is 5.76. The predicted octanol–water partition coefficient (Wildman–Crippen LogP) is 2.41. The smallest absolute Gasteiger partial charge is 0.348 e. The second-order valence-electron chi connectivity index (χ2n) is 6.65. The van der Waals surface area contributed by atoms with Gasteiger partial charge >= 0.3 is 11.7 Å². The van der Waals surface area contributed by atoms with Gasteiger partial charge in [-0.1, -0.05) is 6.42 Å². The molecule has 4 atom stereocenters. The van der Waals surface area contributed by atoms with E-state index in [-0.39, 0.29) is 11.7 Å². The van der Waals surface area contributed by atoms with Gasteiger partial charge in [0.1, 0.15) is 0 Å². The van der Waals surface area contributed by atoms with Gasteiger partial charge in [-0.2, -0.15) is 4.98 Å². The maximum absolute atomic E-state index is 12.4. The first-order valence-corrected chi connectivity index (χ1v) is 7.72. The van der Waals surface area contributed by atoms with Crippen molar-refractivity contribution in [2.45, 2.75) is 58.4 Å². The number of nitrogens with zero attached hydrogens (tertiary/aromatic N) is 2. The van der Waals surface area contributed by atoms with Crippen LogP contribution >= 0.6 is 0 Å². The summed E-state index contributed by atoms with van der Waals surface area (Å²) in [6.07, 6.45) is 4.69. The summed E-state index contributed by atoms with van der Waals surface area (Å²) in [5, 5.41) is 9.30. The van der Waals surface area contributed by atoms with Gasteiger partial charge in [0.25, 0.3) is 0 Å². The Bertz CT molecular complexity index is 650. The van der Waals surface area contributed by atoms with Gasteiger partial charge in [0.15, 0.2) is 0 Å². The fourth-order valence-electron chi connectivity index (χ4n) is 4.46. The van der Waals surface area contributed by atoms with Gasteiger partial charge in [-0.25, -0.2) is 4.79 Å². The first-order chi connectivity index (χ1) is 9.90. The molecular formula is C16H22N2O3. The van der Waals surface area contributed by atoms with Crippen LogP contribution in [0, 0.1) is 25.7 Å². The van der Waals surface area contributed by atoms with E-state index in [1.54, 1.807) is 18.4 Å². The summed E-state index contributed by atoms with van der Waals surface area (Å²) >= 11 is 0. The average molecular weight is 290 g/mol. The minimum Gasteiger partial charge on any atom is -0.481 e. The van der Waals surface area contributed by atoms with Gasteiger partial charge in [-0.15, -0.1) is 0 Å². The van der Waals surface area contributed by atoms with E-state index in [0.29, 0.717) is 17.2 Å². The van der Waals surface area contributed by atoms with Crippen LogP contribution in [0.5, 0.6) is 0 Å². The van der Waals surface area contributed by atoms with Crippen molar-refractivity contribution in [3.8, 4) is 0 Å². The molecule has 3 rings (SSSR count). The van der Waals surface area contributed by atoms with Crippen LogP contribution < -0.4 is 5.69 Å². The van der Waals surface area contributed by atoms with Crippen molar-refractivity contribution < 1.29 is 9.90 Å². The van der Waals surface area contributed by atoms with Crippen LogP contribution in [-0.4, -0.2) is 20.6 Å². The average Bonchev–Trinajstić information content (AvgIpc) is 3.00. The minimum atomic E-state index is -0.874. The van der Waals surface area contributed by atoms with E-state index in [1.165, 1.54) is 19.3 Å². The van der Waals surface area contributed by atoms with Crippen LogP contribution in [0.25, 0.3) is 0 Å². The topological polar surface area (TPSA) is 72.2 Å². The fraction of sp³-hybridized carbons (Fsp3) is 0.688. The monoisotopic (exact) mass is 290 g/mol. The third kappa shape index (κ3) is 2.19. The number of hydrogen-bond donors (Lipinski definition) is 1. The maximum atomic E-state index is 12.4. The van der Waals surface area contributed by atoms with Crippen LogP contribution in [0.2, 0.25) is 0 Å². The molecule has 2 aliphatic rings. The lowest BCUT2D eigenvalue weighted by Gasteiger charge is -2.27. The Hall–Kier alpha value is -1.65. The number of rotatable bonds is 3. The van der Waals surface area contributed by atoms with Crippen molar-refractivity contribution in [2.75, 3.05) is 0 Å². The van der Waals surface area contributed by atoms with Crippen LogP contribution in [-0.2, 0) is 4.79 Å². The largest absolute Gasteiger partial charge is 0.481 e. The number of carboxylic acids is 1. The third-order valence-electron chi connectivity index (χ3n) is 5.45. The second kappa shape index (κ2) is 4.97. The maximum Gasteiger partial charge on any atom is 0.348 e. The Balaban J connectivity index is 2.11. The van der Waals surface area contributed by atoms with E-state index >= 15 is 0 Å². The van der Waals surface area contributed by atoms with Crippen LogP contribution in [0.15, 0.2) is 4.79 Å². The zero-order valence-corrected chi connectivity index (χ0v) is 12.8.